The second-order valence-electron chi connectivity index (χ2n) is 6.77. The van der Waals surface area contributed by atoms with E-state index in [0.29, 0.717) is 0 Å². The molecule has 0 radical (unpaired) electrons. The molecule has 1 heterocycles. The highest BCUT2D eigenvalue weighted by Gasteiger charge is 2.14. The molecule has 128 valence electrons. The maximum absolute atomic E-state index is 2.40. The van der Waals surface area contributed by atoms with Crippen molar-refractivity contribution in [2.45, 2.75) is 71.1 Å². The fraction of sp³-hybridized carbons (Fsp3) is 0.619. The minimum atomic E-state index is 1.14. The lowest BCUT2D eigenvalue weighted by molar-refractivity contribution is 0.557. The van der Waals surface area contributed by atoms with Crippen LogP contribution in [0.1, 0.15) is 71.1 Å². The van der Waals surface area contributed by atoms with Crippen molar-refractivity contribution in [3.63, 3.8) is 0 Å². The van der Waals surface area contributed by atoms with Gasteiger partial charge in [0.2, 0.25) is 0 Å². The summed E-state index contributed by atoms with van der Waals surface area (Å²) in [6.45, 7) is 3.42. The molecule has 1 aliphatic rings. The first-order valence-electron chi connectivity index (χ1n) is 9.59. The van der Waals surface area contributed by atoms with Crippen LogP contribution in [0.3, 0.4) is 0 Å². The van der Waals surface area contributed by atoms with Crippen LogP contribution in [0.5, 0.6) is 0 Å². The van der Waals surface area contributed by atoms with E-state index >= 15 is 0 Å². The summed E-state index contributed by atoms with van der Waals surface area (Å²) in [7, 11) is 2.12. The van der Waals surface area contributed by atoms with Gasteiger partial charge >= 0.3 is 0 Å². The molecule has 0 fully saturated rings. The maximum atomic E-state index is 2.40. The number of hydrogen-bond acceptors (Lipinski definition) is 2. The van der Waals surface area contributed by atoms with Crippen LogP contribution < -0.4 is 9.80 Å². The van der Waals surface area contributed by atoms with Crippen LogP contribution in [0, 0.1) is 0 Å². The highest BCUT2D eigenvalue weighted by Crippen LogP contribution is 2.32. The van der Waals surface area contributed by atoms with Crippen molar-refractivity contribution in [1.82, 2.24) is 0 Å². The Hall–Kier alpha value is -1.44. The quantitative estimate of drug-likeness (QED) is 0.440. The molecular weight excluding hydrogens is 280 g/mol. The minimum Gasteiger partial charge on any atom is -0.348 e. The lowest BCUT2D eigenvalue weighted by Gasteiger charge is -2.31. The number of benzene rings is 1. The molecule has 2 heteroatoms. The summed E-state index contributed by atoms with van der Waals surface area (Å²) in [5.41, 5.74) is 2.65. The molecule has 23 heavy (non-hydrogen) atoms. The number of anilines is 2. The van der Waals surface area contributed by atoms with E-state index in [9.17, 15) is 0 Å². The molecule has 0 unspecified atom stereocenters. The molecule has 1 aromatic rings. The summed E-state index contributed by atoms with van der Waals surface area (Å²) >= 11 is 0. The number of rotatable bonds is 11. The lowest BCUT2D eigenvalue weighted by Crippen LogP contribution is -2.25. The number of nitrogens with zero attached hydrogens (tertiary/aromatic N) is 2. The molecule has 2 rings (SSSR count). The van der Waals surface area contributed by atoms with E-state index in [4.69, 9.17) is 0 Å². The monoisotopic (exact) mass is 314 g/mol. The highest BCUT2D eigenvalue weighted by atomic mass is 15.2. The summed E-state index contributed by atoms with van der Waals surface area (Å²) in [4.78, 5) is 4.60. The lowest BCUT2D eigenvalue weighted by atomic mass is 10.1. The van der Waals surface area contributed by atoms with E-state index in [2.05, 4.69) is 60.4 Å². The third-order valence-electron chi connectivity index (χ3n) is 4.79. The molecule has 0 saturated carbocycles. The third kappa shape index (κ3) is 5.93. The van der Waals surface area contributed by atoms with E-state index in [-0.39, 0.29) is 0 Å². The van der Waals surface area contributed by atoms with Crippen LogP contribution in [-0.2, 0) is 0 Å². The zero-order chi connectivity index (χ0) is 16.3. The Bertz CT molecular complexity index is 467. The summed E-state index contributed by atoms with van der Waals surface area (Å²) in [5.74, 6) is 0. The van der Waals surface area contributed by atoms with E-state index in [1.54, 1.807) is 0 Å². The Morgan fingerprint density at radius 2 is 1.26 bits per heavy atom. The van der Waals surface area contributed by atoms with Crippen LogP contribution >= 0.6 is 0 Å². The van der Waals surface area contributed by atoms with Gasteiger partial charge in [0, 0.05) is 26.0 Å². The second-order valence-corrected chi connectivity index (χ2v) is 6.77. The van der Waals surface area contributed by atoms with Gasteiger partial charge in [-0.2, -0.15) is 0 Å². The van der Waals surface area contributed by atoms with Crippen LogP contribution in [-0.4, -0.2) is 13.6 Å². The molecular formula is C21H34N2. The zero-order valence-corrected chi connectivity index (χ0v) is 15.1. The van der Waals surface area contributed by atoms with Gasteiger partial charge in [0.1, 0.15) is 0 Å². The van der Waals surface area contributed by atoms with Gasteiger partial charge in [0.15, 0.2) is 0 Å². The fourth-order valence-electron chi connectivity index (χ4n) is 3.31. The average molecular weight is 315 g/mol. The average Bonchev–Trinajstić information content (AvgIpc) is 2.58. The van der Waals surface area contributed by atoms with Crippen LogP contribution in [0.4, 0.5) is 11.4 Å². The van der Waals surface area contributed by atoms with Crippen molar-refractivity contribution in [2.24, 2.45) is 0 Å². The van der Waals surface area contributed by atoms with Gasteiger partial charge < -0.3 is 9.80 Å². The molecule has 0 aliphatic carbocycles. The molecule has 0 saturated heterocycles. The van der Waals surface area contributed by atoms with Crippen molar-refractivity contribution in [1.29, 1.82) is 0 Å². The first-order valence-corrected chi connectivity index (χ1v) is 9.59. The van der Waals surface area contributed by atoms with Crippen molar-refractivity contribution in [2.75, 3.05) is 23.4 Å². The summed E-state index contributed by atoms with van der Waals surface area (Å²) in [5, 5.41) is 0. The number of para-hydroxylation sites is 2. The van der Waals surface area contributed by atoms with Crippen molar-refractivity contribution in [3.8, 4) is 0 Å². The molecule has 1 aromatic carbocycles. The molecule has 0 spiro atoms. The van der Waals surface area contributed by atoms with Crippen molar-refractivity contribution < 1.29 is 0 Å². The van der Waals surface area contributed by atoms with E-state index in [0.717, 1.165) is 6.54 Å². The Morgan fingerprint density at radius 3 is 1.91 bits per heavy atom. The Kier molecular flexibility index (Phi) is 8.06. The van der Waals surface area contributed by atoms with Gasteiger partial charge in [-0.15, -0.1) is 0 Å². The zero-order valence-electron chi connectivity index (χ0n) is 15.1. The molecule has 0 N–H and O–H groups in total. The van der Waals surface area contributed by atoms with Crippen LogP contribution in [0.25, 0.3) is 0 Å². The van der Waals surface area contributed by atoms with Crippen molar-refractivity contribution >= 4 is 11.4 Å². The number of unbranched alkanes of at least 4 members (excludes halogenated alkanes) is 9. The van der Waals surface area contributed by atoms with Gasteiger partial charge in [-0.1, -0.05) is 76.8 Å². The van der Waals surface area contributed by atoms with Gasteiger partial charge in [0.05, 0.1) is 11.4 Å². The number of fused-ring (bicyclic) bond motifs is 1. The van der Waals surface area contributed by atoms with E-state index in [1.807, 2.05) is 0 Å². The van der Waals surface area contributed by atoms with E-state index < -0.39 is 0 Å². The van der Waals surface area contributed by atoms with Crippen LogP contribution in [0.15, 0.2) is 36.7 Å². The minimum absolute atomic E-state index is 1.14. The van der Waals surface area contributed by atoms with Gasteiger partial charge in [-0.05, 0) is 18.6 Å². The van der Waals surface area contributed by atoms with E-state index in [1.165, 1.54) is 75.6 Å². The predicted molar refractivity (Wildman–Crippen MR) is 103 cm³/mol. The standard InChI is InChI=1S/C21H34N2/c1-3-4-5-6-7-8-9-10-11-14-17-23-19-18-22(2)20-15-12-13-16-21(20)23/h12-13,15-16,18-19H,3-11,14,17H2,1-2H3. The molecule has 1 aliphatic heterocycles. The first-order chi connectivity index (χ1) is 11.3. The predicted octanol–water partition coefficient (Wildman–Crippen LogP) is 6.33. The first kappa shape index (κ1) is 17.9. The smallest absolute Gasteiger partial charge is 0.0647 e. The summed E-state index contributed by atoms with van der Waals surface area (Å²) in [6, 6.07) is 8.68. The van der Waals surface area contributed by atoms with Crippen molar-refractivity contribution in [3.05, 3.63) is 36.7 Å². The maximum Gasteiger partial charge on any atom is 0.0647 e. The fourth-order valence-corrected chi connectivity index (χ4v) is 3.31. The Labute approximate surface area is 143 Å². The largest absolute Gasteiger partial charge is 0.348 e. The summed E-state index contributed by atoms with van der Waals surface area (Å²) < 4.78 is 0. The molecule has 2 nitrogen and oxygen atoms in total. The Balaban J connectivity index is 1.58. The third-order valence-corrected chi connectivity index (χ3v) is 4.79. The number of hydrogen-bond donors (Lipinski definition) is 0. The second kappa shape index (κ2) is 10.4. The van der Waals surface area contributed by atoms with Gasteiger partial charge in [-0.25, -0.2) is 0 Å². The Morgan fingerprint density at radius 1 is 0.696 bits per heavy atom. The molecule has 0 bridgehead atoms. The molecule has 0 atom stereocenters. The molecule has 0 aromatic heterocycles. The molecule has 0 amide bonds. The highest BCUT2D eigenvalue weighted by molar-refractivity contribution is 5.75. The normalized spacial score (nSPS) is 13.5. The summed E-state index contributed by atoms with van der Waals surface area (Å²) in [6.07, 6.45) is 18.4. The SMILES string of the molecule is CCCCCCCCCCCCN1C=CN(C)c2ccccc21. The van der Waals surface area contributed by atoms with Gasteiger partial charge in [0.25, 0.3) is 0 Å². The van der Waals surface area contributed by atoms with Gasteiger partial charge in [-0.3, -0.25) is 0 Å². The topological polar surface area (TPSA) is 6.48 Å². The van der Waals surface area contributed by atoms with Crippen LogP contribution in [0.2, 0.25) is 0 Å².